The minimum Gasteiger partial charge on any atom is -0.458 e. The molecule has 0 aliphatic heterocycles. The predicted octanol–water partition coefficient (Wildman–Crippen LogP) is 9.85. The first-order chi connectivity index (χ1) is 23.9. The van der Waals surface area contributed by atoms with Crippen molar-refractivity contribution in [2.75, 3.05) is 29.5 Å². The molecule has 0 amide bonds. The molecule has 0 saturated heterocycles. The van der Waals surface area contributed by atoms with Gasteiger partial charge in [-0.2, -0.15) is 0 Å². The van der Waals surface area contributed by atoms with Gasteiger partial charge in [-0.3, -0.25) is 4.79 Å². The van der Waals surface area contributed by atoms with Crippen LogP contribution in [0.5, 0.6) is 0 Å². The Hall–Kier alpha value is -4.94. The number of Topliss-reactive ketones (excluding diaryl/α,β-unsaturated/α-hetero) is 1. The number of esters is 1. The number of hydrogen-bond acceptors (Lipinski definition) is 6. The summed E-state index contributed by atoms with van der Waals surface area (Å²) in [6.45, 7) is 14.6. The molecule has 0 atom stereocenters. The van der Waals surface area contributed by atoms with Gasteiger partial charge in [0.2, 0.25) is 0 Å². The molecule has 0 fully saturated rings. The largest absolute Gasteiger partial charge is 0.458 e. The van der Waals surface area contributed by atoms with Crippen molar-refractivity contribution in [3.8, 4) is 0 Å². The third-order valence-corrected chi connectivity index (χ3v) is 8.32. The summed E-state index contributed by atoms with van der Waals surface area (Å²) in [4.78, 5) is 28.8. The number of anilines is 4. The Balaban J connectivity index is 1.26. The molecule has 0 heterocycles. The SMILES string of the molecule is C=CCOCc1ccc(N(CCC)c2ccc(CCC(=O)CCc3ccc(N(CCC)c4ccc(COC(=O)C=C)cc4)cc3)cc2)cc1. The van der Waals surface area contributed by atoms with E-state index >= 15 is 0 Å². The van der Waals surface area contributed by atoms with Gasteiger partial charge in [-0.15, -0.1) is 6.58 Å². The van der Waals surface area contributed by atoms with E-state index in [2.05, 4.69) is 122 Å². The van der Waals surface area contributed by atoms with E-state index in [0.29, 0.717) is 26.1 Å². The Morgan fingerprint density at radius 3 is 1.35 bits per heavy atom. The maximum Gasteiger partial charge on any atom is 0.330 e. The average molecular weight is 659 g/mol. The fourth-order valence-corrected chi connectivity index (χ4v) is 5.66. The van der Waals surface area contributed by atoms with Gasteiger partial charge in [-0.1, -0.05) is 75.0 Å². The molecule has 0 N–H and O–H groups in total. The molecule has 49 heavy (non-hydrogen) atoms. The molecule has 0 aliphatic rings. The number of nitrogens with zero attached hydrogens (tertiary/aromatic N) is 2. The fraction of sp³-hybridized carbons (Fsp3) is 0.302. The minimum absolute atomic E-state index is 0.223. The van der Waals surface area contributed by atoms with Crippen molar-refractivity contribution in [2.45, 2.75) is 65.6 Å². The first kappa shape index (κ1) is 36.9. The van der Waals surface area contributed by atoms with Gasteiger partial charge in [0.05, 0.1) is 13.2 Å². The monoisotopic (exact) mass is 658 g/mol. The maximum atomic E-state index is 12.9. The summed E-state index contributed by atoms with van der Waals surface area (Å²) < 4.78 is 10.7. The molecule has 0 saturated carbocycles. The van der Waals surface area contributed by atoms with Crippen LogP contribution in [0.25, 0.3) is 0 Å². The van der Waals surface area contributed by atoms with E-state index in [4.69, 9.17) is 9.47 Å². The molecule has 0 spiro atoms. The number of benzene rings is 4. The molecule has 0 aromatic heterocycles. The molecule has 4 aromatic rings. The average Bonchev–Trinajstić information content (AvgIpc) is 3.14. The predicted molar refractivity (Wildman–Crippen MR) is 202 cm³/mol. The van der Waals surface area contributed by atoms with Crippen LogP contribution in [0.2, 0.25) is 0 Å². The lowest BCUT2D eigenvalue weighted by atomic mass is 10.0. The van der Waals surface area contributed by atoms with Gasteiger partial charge in [-0.05, 0) is 96.5 Å². The number of ether oxygens (including phenoxy) is 2. The van der Waals surface area contributed by atoms with Crippen LogP contribution in [0.3, 0.4) is 0 Å². The number of aryl methyl sites for hydroxylation is 2. The van der Waals surface area contributed by atoms with Crippen molar-refractivity contribution in [1.82, 2.24) is 0 Å². The Bertz CT molecular complexity index is 1610. The van der Waals surface area contributed by atoms with E-state index in [9.17, 15) is 9.59 Å². The summed E-state index contributed by atoms with van der Waals surface area (Å²) >= 11 is 0. The van der Waals surface area contributed by atoms with Crippen molar-refractivity contribution in [1.29, 1.82) is 0 Å². The van der Waals surface area contributed by atoms with Crippen molar-refractivity contribution in [3.63, 3.8) is 0 Å². The van der Waals surface area contributed by atoms with Gasteiger partial charge in [0, 0.05) is 54.8 Å². The zero-order chi connectivity index (χ0) is 34.8. The van der Waals surface area contributed by atoms with Crippen LogP contribution in [-0.4, -0.2) is 31.4 Å². The topological polar surface area (TPSA) is 59.1 Å². The smallest absolute Gasteiger partial charge is 0.330 e. The fourth-order valence-electron chi connectivity index (χ4n) is 5.66. The number of hydrogen-bond donors (Lipinski definition) is 0. The molecule has 6 nitrogen and oxygen atoms in total. The van der Waals surface area contributed by atoms with E-state index < -0.39 is 5.97 Å². The first-order valence-corrected chi connectivity index (χ1v) is 17.3. The molecule has 0 radical (unpaired) electrons. The molecule has 4 aromatic carbocycles. The lowest BCUT2D eigenvalue weighted by molar-refractivity contribution is -0.139. The minimum atomic E-state index is -0.427. The molecule has 4 rings (SSSR count). The normalized spacial score (nSPS) is 10.7. The summed E-state index contributed by atoms with van der Waals surface area (Å²) in [5, 5.41) is 0. The Morgan fingerprint density at radius 2 is 0.980 bits per heavy atom. The highest BCUT2D eigenvalue weighted by molar-refractivity contribution is 5.81. The van der Waals surface area contributed by atoms with Crippen LogP contribution >= 0.6 is 0 Å². The van der Waals surface area contributed by atoms with Gasteiger partial charge in [0.15, 0.2) is 0 Å². The van der Waals surface area contributed by atoms with Gasteiger partial charge >= 0.3 is 5.97 Å². The highest BCUT2D eigenvalue weighted by Gasteiger charge is 2.12. The highest BCUT2D eigenvalue weighted by atomic mass is 16.5. The van der Waals surface area contributed by atoms with Crippen LogP contribution in [0.4, 0.5) is 22.7 Å². The number of carbonyl (C=O) groups excluding carboxylic acids is 2. The van der Waals surface area contributed by atoms with Gasteiger partial charge in [0.1, 0.15) is 12.4 Å². The first-order valence-electron chi connectivity index (χ1n) is 17.3. The molecular formula is C43H50N2O4. The molecular weight excluding hydrogens is 608 g/mol. The van der Waals surface area contributed by atoms with E-state index in [1.165, 1.54) is 11.6 Å². The summed E-state index contributed by atoms with van der Waals surface area (Å²) in [6.07, 6.45) is 7.51. The standard InChI is InChI=1S/C43H50N2O4/c1-5-29-44(40-23-13-36(14-24-40)32-48-31-7-3)38-19-9-34(10-20-38)17-27-42(46)28-18-35-11-21-39(22-12-35)45(30-6-2)41-25-15-37(16-26-41)33-49-43(47)8-4/h7-16,19-26H,3-6,17-18,27-33H2,1-2H3. The van der Waals surface area contributed by atoms with E-state index in [0.717, 1.165) is 78.2 Å². The Kier molecular flexibility index (Phi) is 14.9. The summed E-state index contributed by atoms with van der Waals surface area (Å²) in [5.41, 5.74) is 8.89. The molecule has 0 unspecified atom stereocenters. The van der Waals surface area contributed by atoms with Crippen molar-refractivity contribution >= 4 is 34.5 Å². The molecule has 0 aliphatic carbocycles. The van der Waals surface area contributed by atoms with Crippen LogP contribution in [0.1, 0.15) is 61.8 Å². The summed E-state index contributed by atoms with van der Waals surface area (Å²) in [5.74, 6) is -0.146. The van der Waals surface area contributed by atoms with Crippen LogP contribution in [0, 0.1) is 0 Å². The third-order valence-electron chi connectivity index (χ3n) is 8.32. The van der Waals surface area contributed by atoms with Crippen molar-refractivity contribution in [2.24, 2.45) is 0 Å². The number of rotatable bonds is 21. The Labute approximate surface area is 292 Å². The van der Waals surface area contributed by atoms with Crippen LogP contribution in [-0.2, 0) is 45.1 Å². The summed E-state index contributed by atoms with van der Waals surface area (Å²) in [7, 11) is 0. The Morgan fingerprint density at radius 1 is 0.592 bits per heavy atom. The van der Waals surface area contributed by atoms with Crippen LogP contribution in [0.15, 0.2) is 122 Å². The zero-order valence-corrected chi connectivity index (χ0v) is 29.1. The van der Waals surface area contributed by atoms with Crippen molar-refractivity contribution < 1.29 is 19.1 Å². The lowest BCUT2D eigenvalue weighted by Crippen LogP contribution is -2.17. The highest BCUT2D eigenvalue weighted by Crippen LogP contribution is 2.28. The third kappa shape index (κ3) is 11.6. The maximum absolute atomic E-state index is 12.9. The number of ketones is 1. The molecule has 256 valence electrons. The van der Waals surface area contributed by atoms with Gasteiger partial charge in [0.25, 0.3) is 0 Å². The van der Waals surface area contributed by atoms with Crippen LogP contribution < -0.4 is 9.80 Å². The number of carbonyl (C=O) groups is 2. The van der Waals surface area contributed by atoms with Gasteiger partial charge in [-0.25, -0.2) is 4.79 Å². The molecule has 0 bridgehead atoms. The molecule has 6 heteroatoms. The quantitative estimate of drug-likeness (QED) is 0.0385. The second kappa shape index (κ2) is 19.8. The second-order valence-electron chi connectivity index (χ2n) is 12.1. The van der Waals surface area contributed by atoms with Gasteiger partial charge < -0.3 is 19.3 Å². The zero-order valence-electron chi connectivity index (χ0n) is 29.1. The lowest BCUT2D eigenvalue weighted by Gasteiger charge is -2.25. The van der Waals surface area contributed by atoms with E-state index in [1.54, 1.807) is 6.08 Å². The van der Waals surface area contributed by atoms with E-state index in [1.807, 2.05) is 12.1 Å². The summed E-state index contributed by atoms with van der Waals surface area (Å²) in [6, 6.07) is 33.7. The van der Waals surface area contributed by atoms with Crippen molar-refractivity contribution in [3.05, 3.63) is 145 Å². The second-order valence-corrected chi connectivity index (χ2v) is 12.1. The van der Waals surface area contributed by atoms with E-state index in [-0.39, 0.29) is 12.4 Å².